The maximum atomic E-state index is 12.9. The molecule has 1 unspecified atom stereocenters. The Hall–Kier alpha value is -2.42. The van der Waals surface area contributed by atoms with E-state index in [2.05, 4.69) is 29.2 Å². The lowest BCUT2D eigenvalue weighted by Gasteiger charge is -2.40. The summed E-state index contributed by atoms with van der Waals surface area (Å²) < 4.78 is 1.51. The van der Waals surface area contributed by atoms with Crippen LogP contribution in [0.5, 0.6) is 0 Å². The van der Waals surface area contributed by atoms with Crippen molar-refractivity contribution in [2.45, 2.75) is 39.3 Å². The quantitative estimate of drug-likeness (QED) is 0.761. The molecule has 160 valence electrons. The highest BCUT2D eigenvalue weighted by Crippen LogP contribution is 2.26. The van der Waals surface area contributed by atoms with Crippen LogP contribution in [-0.2, 0) is 11.3 Å². The monoisotopic (exact) mass is 404 g/mol. The van der Waals surface area contributed by atoms with Gasteiger partial charge in [-0.15, -0.1) is 0 Å². The van der Waals surface area contributed by atoms with Gasteiger partial charge in [-0.25, -0.2) is 0 Å². The number of carbonyl (C=O) groups excluding carboxylic acids is 3. The highest BCUT2D eigenvalue weighted by Gasteiger charge is 2.46. The number of carbonyl (C=O) groups is 3. The molecule has 1 aromatic rings. The number of aromatic nitrogens is 2. The van der Waals surface area contributed by atoms with Crippen molar-refractivity contribution in [1.29, 1.82) is 0 Å². The highest BCUT2D eigenvalue weighted by atomic mass is 16.2. The van der Waals surface area contributed by atoms with Gasteiger partial charge in [0.1, 0.15) is 11.2 Å². The number of amides is 3. The molecule has 1 N–H and O–H groups in total. The second-order valence-corrected chi connectivity index (χ2v) is 8.74. The molecular formula is C20H32N6O3. The number of nitrogens with zero attached hydrogens (tertiary/aromatic N) is 5. The van der Waals surface area contributed by atoms with E-state index >= 15 is 0 Å². The summed E-state index contributed by atoms with van der Waals surface area (Å²) in [7, 11) is 3.65. The Morgan fingerprint density at radius 1 is 1.21 bits per heavy atom. The molecule has 3 amide bonds. The van der Waals surface area contributed by atoms with Crippen molar-refractivity contribution in [3.05, 3.63) is 17.5 Å². The van der Waals surface area contributed by atoms with Gasteiger partial charge in [-0.2, -0.15) is 5.10 Å². The molecule has 0 spiro atoms. The second kappa shape index (κ2) is 8.14. The molecule has 0 aliphatic carbocycles. The third-order valence-corrected chi connectivity index (χ3v) is 6.01. The van der Waals surface area contributed by atoms with E-state index in [1.807, 2.05) is 7.05 Å². The molecule has 29 heavy (non-hydrogen) atoms. The Labute approximate surface area is 172 Å². The molecular weight excluding hydrogens is 372 g/mol. The zero-order valence-corrected chi connectivity index (χ0v) is 18.1. The van der Waals surface area contributed by atoms with Crippen LogP contribution < -0.4 is 5.32 Å². The summed E-state index contributed by atoms with van der Waals surface area (Å²) in [5, 5.41) is 7.34. The first-order chi connectivity index (χ1) is 13.6. The standard InChI is InChI=1S/C20H32N6O3/c1-14(2)6-7-21-19(29)20(3)13-26-16(18(28)24(20)5)12-15(22-26)17(27)25-10-8-23(4)9-11-25/h12,14H,6-11,13H2,1-5H3,(H,21,29). The molecule has 0 aromatic carbocycles. The summed E-state index contributed by atoms with van der Waals surface area (Å²) in [5.74, 6) is -0.196. The average molecular weight is 405 g/mol. The number of likely N-dealkylation sites (N-methyl/N-ethyl adjacent to an activating group) is 2. The Balaban J connectivity index is 1.77. The number of hydrogen-bond acceptors (Lipinski definition) is 5. The molecule has 1 fully saturated rings. The lowest BCUT2D eigenvalue weighted by Crippen LogP contribution is -2.62. The minimum atomic E-state index is -1.05. The smallest absolute Gasteiger partial charge is 0.274 e. The van der Waals surface area contributed by atoms with Gasteiger partial charge in [-0.05, 0) is 26.3 Å². The summed E-state index contributed by atoms with van der Waals surface area (Å²) >= 11 is 0. The Kier molecular flexibility index (Phi) is 5.97. The van der Waals surface area contributed by atoms with E-state index in [-0.39, 0.29) is 30.0 Å². The maximum absolute atomic E-state index is 12.9. The van der Waals surface area contributed by atoms with Crippen LogP contribution >= 0.6 is 0 Å². The van der Waals surface area contributed by atoms with Crippen LogP contribution in [0.15, 0.2) is 6.07 Å². The lowest BCUT2D eigenvalue weighted by atomic mass is 9.95. The van der Waals surface area contributed by atoms with Crippen molar-refractivity contribution < 1.29 is 14.4 Å². The van der Waals surface area contributed by atoms with Crippen molar-refractivity contribution >= 4 is 17.7 Å². The zero-order valence-electron chi connectivity index (χ0n) is 18.1. The van der Waals surface area contributed by atoms with Crippen molar-refractivity contribution in [3.63, 3.8) is 0 Å². The van der Waals surface area contributed by atoms with Crippen molar-refractivity contribution in [3.8, 4) is 0 Å². The first-order valence-corrected chi connectivity index (χ1v) is 10.3. The van der Waals surface area contributed by atoms with Gasteiger partial charge in [0, 0.05) is 45.8 Å². The number of piperazine rings is 1. The maximum Gasteiger partial charge on any atom is 0.274 e. The van der Waals surface area contributed by atoms with Crippen LogP contribution in [0.4, 0.5) is 0 Å². The fraction of sp³-hybridized carbons (Fsp3) is 0.700. The van der Waals surface area contributed by atoms with Gasteiger partial charge in [-0.3, -0.25) is 19.1 Å². The SMILES string of the molecule is CC(C)CCNC(=O)C1(C)Cn2nc(C(=O)N3CCN(C)CC3)cc2C(=O)N1C. The fourth-order valence-corrected chi connectivity index (χ4v) is 3.67. The Morgan fingerprint density at radius 3 is 2.48 bits per heavy atom. The molecule has 0 bridgehead atoms. The molecule has 3 rings (SSSR count). The van der Waals surface area contributed by atoms with Crippen LogP contribution in [-0.4, -0.2) is 94.6 Å². The van der Waals surface area contributed by atoms with Gasteiger partial charge in [0.25, 0.3) is 11.8 Å². The van der Waals surface area contributed by atoms with Gasteiger partial charge in [-0.1, -0.05) is 13.8 Å². The summed E-state index contributed by atoms with van der Waals surface area (Å²) in [6.45, 7) is 9.62. The predicted octanol–water partition coefficient (Wildman–Crippen LogP) is 0.277. The molecule has 2 aliphatic heterocycles. The van der Waals surface area contributed by atoms with Gasteiger partial charge in [0.2, 0.25) is 5.91 Å². The Bertz CT molecular complexity index is 796. The minimum absolute atomic E-state index is 0.168. The van der Waals surface area contributed by atoms with E-state index in [0.29, 0.717) is 31.2 Å². The van der Waals surface area contributed by atoms with Crippen LogP contribution in [0.3, 0.4) is 0 Å². The number of nitrogens with one attached hydrogen (secondary N) is 1. The third-order valence-electron chi connectivity index (χ3n) is 6.01. The van der Waals surface area contributed by atoms with E-state index in [1.54, 1.807) is 24.9 Å². The van der Waals surface area contributed by atoms with Gasteiger partial charge < -0.3 is 20.0 Å². The highest BCUT2D eigenvalue weighted by molar-refractivity contribution is 6.01. The molecule has 0 radical (unpaired) electrons. The van der Waals surface area contributed by atoms with Crippen molar-refractivity contribution in [2.24, 2.45) is 5.92 Å². The van der Waals surface area contributed by atoms with Crippen LogP contribution in [0.1, 0.15) is 48.2 Å². The van der Waals surface area contributed by atoms with Gasteiger partial charge >= 0.3 is 0 Å². The second-order valence-electron chi connectivity index (χ2n) is 8.74. The normalized spacial score (nSPS) is 22.8. The molecule has 1 saturated heterocycles. The summed E-state index contributed by atoms with van der Waals surface area (Å²) in [6.07, 6.45) is 0.871. The molecule has 2 aliphatic rings. The van der Waals surface area contributed by atoms with E-state index < -0.39 is 5.54 Å². The number of fused-ring (bicyclic) bond motifs is 1. The van der Waals surface area contributed by atoms with E-state index in [4.69, 9.17) is 0 Å². The van der Waals surface area contributed by atoms with Crippen LogP contribution in [0.2, 0.25) is 0 Å². The molecule has 1 atom stereocenters. The van der Waals surface area contributed by atoms with Gasteiger partial charge in [0.15, 0.2) is 5.69 Å². The summed E-state index contributed by atoms with van der Waals surface area (Å²) in [4.78, 5) is 44.0. The summed E-state index contributed by atoms with van der Waals surface area (Å²) in [5.41, 5.74) is -0.450. The average Bonchev–Trinajstić information content (AvgIpc) is 3.09. The third kappa shape index (κ3) is 4.14. The van der Waals surface area contributed by atoms with Crippen molar-refractivity contribution in [2.75, 3.05) is 46.8 Å². The minimum Gasteiger partial charge on any atom is -0.354 e. The fourth-order valence-electron chi connectivity index (χ4n) is 3.67. The predicted molar refractivity (Wildman–Crippen MR) is 109 cm³/mol. The lowest BCUT2D eigenvalue weighted by molar-refractivity contribution is -0.132. The number of hydrogen-bond donors (Lipinski definition) is 1. The first kappa shape index (κ1) is 21.3. The van der Waals surface area contributed by atoms with E-state index in [0.717, 1.165) is 19.5 Å². The van der Waals surface area contributed by atoms with Gasteiger partial charge in [0.05, 0.1) is 6.54 Å². The van der Waals surface area contributed by atoms with Crippen molar-refractivity contribution in [1.82, 2.24) is 29.8 Å². The molecule has 1 aromatic heterocycles. The molecule has 3 heterocycles. The van der Waals surface area contributed by atoms with Crippen LogP contribution in [0, 0.1) is 5.92 Å². The largest absolute Gasteiger partial charge is 0.354 e. The van der Waals surface area contributed by atoms with E-state index in [9.17, 15) is 14.4 Å². The zero-order chi connectivity index (χ0) is 21.3. The van der Waals surface area contributed by atoms with Crippen LogP contribution in [0.25, 0.3) is 0 Å². The van der Waals surface area contributed by atoms with E-state index in [1.165, 1.54) is 9.58 Å². The molecule has 9 heteroatoms. The summed E-state index contributed by atoms with van der Waals surface area (Å²) in [6, 6.07) is 1.55. The topological polar surface area (TPSA) is 90.8 Å². The first-order valence-electron chi connectivity index (χ1n) is 10.3. The number of rotatable bonds is 5. The molecule has 0 saturated carbocycles. The molecule has 9 nitrogen and oxygen atoms in total. The Morgan fingerprint density at radius 2 is 1.86 bits per heavy atom.